The molecule has 2 N–H and O–H groups in total. The zero-order chi connectivity index (χ0) is 23.5. The van der Waals surface area contributed by atoms with Gasteiger partial charge in [0.15, 0.2) is 0 Å². The summed E-state index contributed by atoms with van der Waals surface area (Å²) >= 11 is 0. The fourth-order valence-corrected chi connectivity index (χ4v) is 5.58. The molecule has 0 aromatic heterocycles. The number of rotatable bonds is 3. The quantitative estimate of drug-likeness (QED) is 0.232. The molecule has 0 atom stereocenters. The smallest absolute Gasteiger partial charge is 0.423 e. The maximum absolute atomic E-state index is 9.48. The Morgan fingerprint density at radius 1 is 0.400 bits per heavy atom. The zero-order valence-corrected chi connectivity index (χ0v) is 18.9. The largest absolute Gasteiger partial charge is 0.488 e. The summed E-state index contributed by atoms with van der Waals surface area (Å²) < 4.78 is 0. The molecule has 0 unspecified atom stereocenters. The second-order valence-electron chi connectivity index (χ2n) is 9.17. The van der Waals surface area contributed by atoms with Gasteiger partial charge in [0, 0.05) is 0 Å². The van der Waals surface area contributed by atoms with Crippen molar-refractivity contribution in [2.24, 2.45) is 0 Å². The van der Waals surface area contributed by atoms with E-state index in [0.717, 1.165) is 11.1 Å². The third-order valence-electron chi connectivity index (χ3n) is 7.26. The van der Waals surface area contributed by atoms with E-state index in [-0.39, 0.29) is 0 Å². The van der Waals surface area contributed by atoms with Gasteiger partial charge in [-0.25, -0.2) is 0 Å². The van der Waals surface area contributed by atoms with Gasteiger partial charge in [-0.2, -0.15) is 0 Å². The summed E-state index contributed by atoms with van der Waals surface area (Å²) in [5.41, 5.74) is 5.18. The fraction of sp³-hybridized carbons (Fsp3) is 0. The molecular formula is C32H21BO2. The number of hydrogen-bond acceptors (Lipinski definition) is 2. The van der Waals surface area contributed by atoms with Crippen LogP contribution >= 0.6 is 0 Å². The van der Waals surface area contributed by atoms with Crippen LogP contribution in [-0.4, -0.2) is 17.2 Å². The van der Waals surface area contributed by atoms with E-state index in [9.17, 15) is 10.0 Å². The average Bonchev–Trinajstić information content (AvgIpc) is 2.91. The summed E-state index contributed by atoms with van der Waals surface area (Å²) in [5.74, 6) is 0. The van der Waals surface area contributed by atoms with Crippen LogP contribution in [0.15, 0.2) is 115 Å². The molecule has 7 rings (SSSR count). The van der Waals surface area contributed by atoms with Crippen molar-refractivity contribution in [2.45, 2.75) is 0 Å². The highest BCUT2D eigenvalue weighted by Gasteiger charge is 2.16. The van der Waals surface area contributed by atoms with Gasteiger partial charge >= 0.3 is 7.12 Å². The molecule has 0 aliphatic heterocycles. The van der Waals surface area contributed by atoms with Crippen molar-refractivity contribution in [2.75, 3.05) is 0 Å². The molecule has 7 aromatic rings. The molecule has 0 bridgehead atoms. The van der Waals surface area contributed by atoms with E-state index >= 15 is 0 Å². The van der Waals surface area contributed by atoms with Crippen LogP contribution in [-0.2, 0) is 0 Å². The molecule has 3 heteroatoms. The molecule has 2 nitrogen and oxygen atoms in total. The first-order chi connectivity index (χ1) is 17.2. The topological polar surface area (TPSA) is 40.5 Å². The van der Waals surface area contributed by atoms with Crippen LogP contribution in [0, 0.1) is 0 Å². The van der Waals surface area contributed by atoms with Crippen molar-refractivity contribution >= 4 is 55.7 Å². The summed E-state index contributed by atoms with van der Waals surface area (Å²) in [5, 5.41) is 28.9. The minimum absolute atomic E-state index is 0.492. The summed E-state index contributed by atoms with van der Waals surface area (Å²) in [7, 11) is -1.46. The Labute approximate surface area is 203 Å². The molecule has 0 spiro atoms. The summed E-state index contributed by atoms with van der Waals surface area (Å²) in [4.78, 5) is 0. The van der Waals surface area contributed by atoms with E-state index in [1.807, 2.05) is 12.1 Å². The van der Waals surface area contributed by atoms with Crippen LogP contribution in [0.3, 0.4) is 0 Å². The first kappa shape index (κ1) is 20.2. The van der Waals surface area contributed by atoms with Gasteiger partial charge in [0.25, 0.3) is 0 Å². The number of fused-ring (bicyclic) bond motifs is 1. The highest BCUT2D eigenvalue weighted by molar-refractivity contribution is 6.58. The fourth-order valence-electron chi connectivity index (χ4n) is 5.58. The first-order valence-corrected chi connectivity index (χ1v) is 11.8. The monoisotopic (exact) mass is 448 g/mol. The van der Waals surface area contributed by atoms with Crippen LogP contribution in [0.5, 0.6) is 0 Å². The van der Waals surface area contributed by atoms with Crippen molar-refractivity contribution in [3.8, 4) is 22.3 Å². The lowest BCUT2D eigenvalue weighted by Gasteiger charge is -2.17. The minimum Gasteiger partial charge on any atom is -0.423 e. The highest BCUT2D eigenvalue weighted by atomic mass is 16.4. The molecule has 0 radical (unpaired) electrons. The van der Waals surface area contributed by atoms with Gasteiger partial charge in [-0.05, 0) is 70.8 Å². The predicted molar refractivity (Wildman–Crippen MR) is 148 cm³/mol. The summed E-state index contributed by atoms with van der Waals surface area (Å²) in [6.07, 6.45) is 0. The van der Waals surface area contributed by atoms with Gasteiger partial charge in [0.05, 0.1) is 0 Å². The number of benzene rings is 7. The van der Waals surface area contributed by atoms with Crippen molar-refractivity contribution in [3.63, 3.8) is 0 Å². The Hall–Kier alpha value is -4.18. The first-order valence-electron chi connectivity index (χ1n) is 11.8. The average molecular weight is 448 g/mol. The molecule has 0 fully saturated rings. The lowest BCUT2D eigenvalue weighted by Crippen LogP contribution is -2.29. The molecule has 164 valence electrons. The standard InChI is InChI=1S/C32H21BO2/c34-33(35)24-14-8-21(9-15-24)26-16-10-22-13-19-30-28(17-11-23-12-18-29(26)31(22)32(23)30)27-7-3-5-20-4-1-2-6-25(20)27/h1-19,34-35H. The van der Waals surface area contributed by atoms with E-state index in [2.05, 4.69) is 91.0 Å². The Balaban J connectivity index is 1.53. The zero-order valence-electron chi connectivity index (χ0n) is 18.9. The van der Waals surface area contributed by atoms with Gasteiger partial charge in [-0.3, -0.25) is 0 Å². The Morgan fingerprint density at radius 3 is 1.69 bits per heavy atom. The summed E-state index contributed by atoms with van der Waals surface area (Å²) in [6.45, 7) is 0. The van der Waals surface area contributed by atoms with E-state index in [1.54, 1.807) is 12.1 Å². The van der Waals surface area contributed by atoms with Crippen molar-refractivity contribution in [1.29, 1.82) is 0 Å². The predicted octanol–water partition coefficient (Wildman–Crippen LogP) is 6.75. The molecule has 0 saturated heterocycles. The highest BCUT2D eigenvalue weighted by Crippen LogP contribution is 2.43. The second-order valence-corrected chi connectivity index (χ2v) is 9.17. The van der Waals surface area contributed by atoms with E-state index in [4.69, 9.17) is 0 Å². The third kappa shape index (κ3) is 3.06. The summed E-state index contributed by atoms with van der Waals surface area (Å²) in [6, 6.07) is 40.3. The third-order valence-corrected chi connectivity index (χ3v) is 7.26. The van der Waals surface area contributed by atoms with Crippen molar-refractivity contribution in [1.82, 2.24) is 0 Å². The van der Waals surface area contributed by atoms with E-state index in [0.29, 0.717) is 5.46 Å². The van der Waals surface area contributed by atoms with Gasteiger partial charge in [-0.1, -0.05) is 115 Å². The molecule has 0 heterocycles. The molecule has 0 amide bonds. The lowest BCUT2D eigenvalue weighted by atomic mass is 9.79. The molecule has 35 heavy (non-hydrogen) atoms. The molecule has 0 aliphatic rings. The van der Waals surface area contributed by atoms with Crippen LogP contribution in [0.4, 0.5) is 0 Å². The van der Waals surface area contributed by atoms with Crippen LogP contribution in [0.25, 0.3) is 65.3 Å². The molecule has 0 saturated carbocycles. The van der Waals surface area contributed by atoms with Crippen LogP contribution < -0.4 is 5.46 Å². The van der Waals surface area contributed by atoms with Crippen LogP contribution in [0.1, 0.15) is 0 Å². The molecule has 0 aliphatic carbocycles. The maximum atomic E-state index is 9.48. The van der Waals surface area contributed by atoms with Crippen LogP contribution in [0.2, 0.25) is 0 Å². The van der Waals surface area contributed by atoms with Gasteiger partial charge in [0.1, 0.15) is 0 Å². The minimum atomic E-state index is -1.46. The SMILES string of the molecule is OB(O)c1ccc(-c2ccc3ccc4c(-c5cccc6ccccc56)ccc5ccc2c3c54)cc1. The number of hydrogen-bond donors (Lipinski definition) is 2. The Kier molecular flexibility index (Phi) is 4.43. The second kappa shape index (κ2) is 7.67. The molecule has 7 aromatic carbocycles. The van der Waals surface area contributed by atoms with Crippen molar-refractivity contribution in [3.05, 3.63) is 115 Å². The van der Waals surface area contributed by atoms with Gasteiger partial charge < -0.3 is 10.0 Å². The Morgan fingerprint density at radius 2 is 0.971 bits per heavy atom. The lowest BCUT2D eigenvalue weighted by molar-refractivity contribution is 0.426. The van der Waals surface area contributed by atoms with E-state index < -0.39 is 7.12 Å². The van der Waals surface area contributed by atoms with Gasteiger partial charge in [-0.15, -0.1) is 0 Å². The Bertz CT molecular complexity index is 1860. The van der Waals surface area contributed by atoms with E-state index in [1.165, 1.54) is 54.2 Å². The van der Waals surface area contributed by atoms with Gasteiger partial charge in [0.2, 0.25) is 0 Å². The van der Waals surface area contributed by atoms with Crippen molar-refractivity contribution < 1.29 is 10.0 Å². The normalized spacial score (nSPS) is 11.7. The maximum Gasteiger partial charge on any atom is 0.488 e. The molecular weight excluding hydrogens is 427 g/mol.